The summed E-state index contributed by atoms with van der Waals surface area (Å²) in [5.41, 5.74) is 3.04. The van der Waals surface area contributed by atoms with E-state index in [4.69, 9.17) is 9.47 Å². The third-order valence-electron chi connectivity index (χ3n) is 4.58. The number of anilines is 1. The van der Waals surface area contributed by atoms with Gasteiger partial charge in [-0.2, -0.15) is 0 Å². The van der Waals surface area contributed by atoms with Crippen molar-refractivity contribution < 1.29 is 14.3 Å². The Labute approximate surface area is 161 Å². The Balaban J connectivity index is 1.76. The zero-order valence-electron chi connectivity index (χ0n) is 16.5. The summed E-state index contributed by atoms with van der Waals surface area (Å²) in [6.07, 6.45) is 3.97. The Morgan fingerprint density at radius 1 is 1.22 bits per heavy atom. The van der Waals surface area contributed by atoms with E-state index in [1.807, 2.05) is 38.1 Å². The molecular formula is C22H28N2O3. The molecule has 2 aromatic rings. The number of rotatable bonds is 7. The number of aromatic nitrogens is 1. The second-order valence-corrected chi connectivity index (χ2v) is 7.70. The van der Waals surface area contributed by atoms with Gasteiger partial charge in [0.1, 0.15) is 23.9 Å². The van der Waals surface area contributed by atoms with Gasteiger partial charge >= 0.3 is 0 Å². The van der Waals surface area contributed by atoms with E-state index in [9.17, 15) is 4.79 Å². The molecule has 0 aliphatic carbocycles. The first-order valence-corrected chi connectivity index (χ1v) is 9.64. The number of fused-ring (bicyclic) bond motifs is 3. The lowest BCUT2D eigenvalue weighted by Gasteiger charge is -2.22. The fourth-order valence-corrected chi connectivity index (χ4v) is 2.96. The van der Waals surface area contributed by atoms with Crippen molar-refractivity contribution in [2.45, 2.75) is 47.1 Å². The zero-order valence-corrected chi connectivity index (χ0v) is 16.5. The van der Waals surface area contributed by atoms with Crippen LogP contribution in [-0.2, 0) is 11.4 Å². The van der Waals surface area contributed by atoms with E-state index >= 15 is 0 Å². The summed E-state index contributed by atoms with van der Waals surface area (Å²) in [5.74, 6) is 2.75. The molecule has 0 saturated heterocycles. The number of pyridine rings is 1. The van der Waals surface area contributed by atoms with Crippen LogP contribution >= 0.6 is 0 Å². The van der Waals surface area contributed by atoms with Gasteiger partial charge in [0.15, 0.2) is 0 Å². The number of hydrogen-bond donors (Lipinski definition) is 1. The monoisotopic (exact) mass is 368 g/mol. The van der Waals surface area contributed by atoms with Crippen molar-refractivity contribution in [2.24, 2.45) is 11.8 Å². The minimum atomic E-state index is -0.0890. The molecule has 0 radical (unpaired) electrons. The summed E-state index contributed by atoms with van der Waals surface area (Å²) in [7, 11) is 0. The molecule has 0 bridgehead atoms. The van der Waals surface area contributed by atoms with Crippen LogP contribution in [0.15, 0.2) is 30.5 Å². The maximum absolute atomic E-state index is 11.9. The predicted molar refractivity (Wildman–Crippen MR) is 107 cm³/mol. The van der Waals surface area contributed by atoms with Crippen molar-refractivity contribution in [2.75, 3.05) is 11.9 Å². The summed E-state index contributed by atoms with van der Waals surface area (Å²) in [4.78, 5) is 16.3. The lowest BCUT2D eigenvalue weighted by Crippen LogP contribution is -2.19. The molecule has 0 spiro atoms. The molecule has 1 aromatic carbocycles. The molecule has 1 N–H and O–H groups in total. The number of nitrogens with one attached hydrogen (secondary N) is 1. The van der Waals surface area contributed by atoms with E-state index < -0.39 is 0 Å². The Morgan fingerprint density at radius 3 is 2.78 bits per heavy atom. The average molecular weight is 368 g/mol. The maximum Gasteiger partial charge on any atom is 0.228 e. The number of nitrogens with zero attached hydrogens (tertiary/aromatic N) is 1. The fourth-order valence-electron chi connectivity index (χ4n) is 2.96. The Bertz CT molecular complexity index is 815. The minimum absolute atomic E-state index is 0.0418. The average Bonchev–Trinajstić information content (AvgIpc) is 2.64. The normalized spacial score (nSPS) is 12.4. The van der Waals surface area contributed by atoms with Gasteiger partial charge in [0.05, 0.1) is 6.61 Å². The minimum Gasteiger partial charge on any atom is -0.493 e. The third-order valence-corrected chi connectivity index (χ3v) is 4.58. The Hall–Kier alpha value is -2.56. The van der Waals surface area contributed by atoms with Crippen LogP contribution in [0.5, 0.6) is 11.5 Å². The highest BCUT2D eigenvalue weighted by molar-refractivity contribution is 5.92. The van der Waals surface area contributed by atoms with E-state index in [1.54, 1.807) is 6.20 Å². The molecular weight excluding hydrogens is 340 g/mol. The molecule has 1 aliphatic rings. The second-order valence-electron chi connectivity index (χ2n) is 7.70. The first kappa shape index (κ1) is 19.2. The molecule has 27 heavy (non-hydrogen) atoms. The smallest absolute Gasteiger partial charge is 0.228 e. The van der Waals surface area contributed by atoms with Crippen LogP contribution in [0, 0.1) is 11.8 Å². The molecule has 1 amide bonds. The van der Waals surface area contributed by atoms with Gasteiger partial charge in [-0.1, -0.05) is 27.7 Å². The van der Waals surface area contributed by atoms with Crippen molar-refractivity contribution in [3.8, 4) is 22.6 Å². The standard InChI is InChI=1S/C22H28N2O3/c1-14(2)6-5-9-26-17-7-8-18-19-11-21(24-22(25)15(3)4)23-12-16(19)13-27-20(18)10-17/h7-8,10-12,14-15H,5-6,9,13H2,1-4H3,(H,23,24,25). The summed E-state index contributed by atoms with van der Waals surface area (Å²) in [6, 6.07) is 7.85. The molecule has 5 heteroatoms. The van der Waals surface area contributed by atoms with Gasteiger partial charge in [-0.05, 0) is 42.5 Å². The lowest BCUT2D eigenvalue weighted by atomic mass is 9.98. The summed E-state index contributed by atoms with van der Waals surface area (Å²) in [5, 5.41) is 2.86. The molecule has 0 atom stereocenters. The predicted octanol–water partition coefficient (Wildman–Crippen LogP) is 5.05. The number of benzene rings is 1. The van der Waals surface area contributed by atoms with Crippen molar-refractivity contribution in [1.82, 2.24) is 4.98 Å². The van der Waals surface area contributed by atoms with Crippen LogP contribution in [0.3, 0.4) is 0 Å². The number of amides is 1. The van der Waals surface area contributed by atoms with Gasteiger partial charge in [0, 0.05) is 29.3 Å². The zero-order chi connectivity index (χ0) is 19.4. The van der Waals surface area contributed by atoms with Gasteiger partial charge in [-0.15, -0.1) is 0 Å². The van der Waals surface area contributed by atoms with E-state index in [0.717, 1.165) is 41.0 Å². The molecule has 3 rings (SSSR count). The van der Waals surface area contributed by atoms with Crippen LogP contribution < -0.4 is 14.8 Å². The highest BCUT2D eigenvalue weighted by Gasteiger charge is 2.20. The Morgan fingerprint density at radius 2 is 2.04 bits per heavy atom. The van der Waals surface area contributed by atoms with Gasteiger partial charge in [-0.3, -0.25) is 4.79 Å². The molecule has 1 aliphatic heterocycles. The van der Waals surface area contributed by atoms with Gasteiger partial charge < -0.3 is 14.8 Å². The van der Waals surface area contributed by atoms with Crippen molar-refractivity contribution in [1.29, 1.82) is 0 Å². The first-order chi connectivity index (χ1) is 12.9. The van der Waals surface area contributed by atoms with Gasteiger partial charge in [0.25, 0.3) is 0 Å². The van der Waals surface area contributed by atoms with Crippen molar-refractivity contribution >= 4 is 11.7 Å². The molecule has 5 nitrogen and oxygen atoms in total. The molecule has 0 saturated carbocycles. The molecule has 0 fully saturated rings. The van der Waals surface area contributed by atoms with E-state index in [1.165, 1.54) is 0 Å². The van der Waals surface area contributed by atoms with Gasteiger partial charge in [0.2, 0.25) is 5.91 Å². The Kier molecular flexibility index (Phi) is 5.99. The third kappa shape index (κ3) is 4.79. The largest absolute Gasteiger partial charge is 0.493 e. The van der Waals surface area contributed by atoms with E-state index in [0.29, 0.717) is 24.9 Å². The molecule has 2 heterocycles. The SMILES string of the molecule is CC(C)CCCOc1ccc2c(c1)OCc1cnc(NC(=O)C(C)C)cc1-2. The fraction of sp³-hybridized carbons (Fsp3) is 0.455. The second kappa shape index (κ2) is 8.42. The van der Waals surface area contributed by atoms with Crippen molar-refractivity contribution in [3.63, 3.8) is 0 Å². The highest BCUT2D eigenvalue weighted by Crippen LogP contribution is 2.40. The molecule has 144 valence electrons. The summed E-state index contributed by atoms with van der Waals surface area (Å²) in [6.45, 7) is 9.33. The highest BCUT2D eigenvalue weighted by atomic mass is 16.5. The van der Waals surface area contributed by atoms with Crippen LogP contribution in [0.1, 0.15) is 46.1 Å². The number of carbonyl (C=O) groups excluding carboxylic acids is 1. The van der Waals surface area contributed by atoms with E-state index in [-0.39, 0.29) is 11.8 Å². The quantitative estimate of drug-likeness (QED) is 0.695. The van der Waals surface area contributed by atoms with Crippen LogP contribution in [0.25, 0.3) is 11.1 Å². The number of hydrogen-bond acceptors (Lipinski definition) is 4. The lowest BCUT2D eigenvalue weighted by molar-refractivity contribution is -0.118. The maximum atomic E-state index is 11.9. The topological polar surface area (TPSA) is 60.5 Å². The van der Waals surface area contributed by atoms with Crippen LogP contribution in [0.4, 0.5) is 5.82 Å². The number of ether oxygens (including phenoxy) is 2. The summed E-state index contributed by atoms with van der Waals surface area (Å²) >= 11 is 0. The van der Waals surface area contributed by atoms with E-state index in [2.05, 4.69) is 24.1 Å². The molecule has 1 aromatic heterocycles. The number of carbonyl (C=O) groups is 1. The first-order valence-electron chi connectivity index (χ1n) is 9.64. The molecule has 0 unspecified atom stereocenters. The summed E-state index contributed by atoms with van der Waals surface area (Å²) < 4.78 is 11.8. The van der Waals surface area contributed by atoms with Crippen molar-refractivity contribution in [3.05, 3.63) is 36.0 Å². The van der Waals surface area contributed by atoms with Crippen LogP contribution in [0.2, 0.25) is 0 Å². The van der Waals surface area contributed by atoms with Gasteiger partial charge in [-0.25, -0.2) is 4.98 Å². The van der Waals surface area contributed by atoms with Crippen LogP contribution in [-0.4, -0.2) is 17.5 Å².